The van der Waals surface area contributed by atoms with Gasteiger partial charge in [0.25, 0.3) is 0 Å². The third-order valence-electron chi connectivity index (χ3n) is 3.82. The molecule has 1 atom stereocenters. The molecule has 0 spiro atoms. The Balaban J connectivity index is 1.85. The zero-order valence-corrected chi connectivity index (χ0v) is 11.7. The fourth-order valence-corrected chi connectivity index (χ4v) is 2.85. The van der Waals surface area contributed by atoms with Crippen LogP contribution in [0.3, 0.4) is 0 Å². The number of hydrogen-bond donors (Lipinski definition) is 1. The summed E-state index contributed by atoms with van der Waals surface area (Å²) in [5.74, 6) is 0.342. The van der Waals surface area contributed by atoms with Gasteiger partial charge >= 0.3 is 0 Å². The Labute approximate surface area is 119 Å². The van der Waals surface area contributed by atoms with Crippen molar-refractivity contribution in [1.29, 1.82) is 0 Å². The van der Waals surface area contributed by atoms with Crippen LogP contribution in [0.5, 0.6) is 0 Å². The van der Waals surface area contributed by atoms with Gasteiger partial charge in [-0.05, 0) is 24.8 Å². The zero-order valence-electron chi connectivity index (χ0n) is 11.0. The number of hydrogen-bond acceptors (Lipinski definition) is 1. The molecule has 1 fully saturated rings. The highest BCUT2D eigenvalue weighted by molar-refractivity contribution is 6.30. The van der Waals surface area contributed by atoms with Crippen molar-refractivity contribution < 1.29 is 9.50 Å². The fourth-order valence-electron chi connectivity index (χ4n) is 2.67. The molecular formula is C16H20ClFO. The molecule has 0 aliphatic heterocycles. The van der Waals surface area contributed by atoms with Gasteiger partial charge in [-0.3, -0.25) is 0 Å². The van der Waals surface area contributed by atoms with Gasteiger partial charge in [-0.25, -0.2) is 4.39 Å². The molecule has 0 aromatic heterocycles. The second-order valence-electron chi connectivity index (χ2n) is 5.30. The molecule has 0 radical (unpaired) electrons. The van der Waals surface area contributed by atoms with Gasteiger partial charge in [0.15, 0.2) is 0 Å². The molecule has 1 aliphatic rings. The van der Waals surface area contributed by atoms with Crippen molar-refractivity contribution in [2.24, 2.45) is 5.92 Å². The van der Waals surface area contributed by atoms with Crippen molar-refractivity contribution in [3.05, 3.63) is 40.7 Å². The van der Waals surface area contributed by atoms with E-state index in [1.165, 1.54) is 31.7 Å². The van der Waals surface area contributed by atoms with Gasteiger partial charge in [0.05, 0.1) is 11.1 Å². The summed E-state index contributed by atoms with van der Waals surface area (Å²) in [6.45, 7) is 0. The molecule has 1 saturated carbocycles. The first-order valence-corrected chi connectivity index (χ1v) is 7.35. The molecule has 1 nitrogen and oxygen atoms in total. The molecule has 0 bridgehead atoms. The maximum absolute atomic E-state index is 13.6. The van der Waals surface area contributed by atoms with Crippen LogP contribution in [0.4, 0.5) is 4.39 Å². The normalized spacial score (nSPS) is 18.3. The predicted octanol–water partition coefficient (Wildman–Crippen LogP) is 4.82. The minimum atomic E-state index is -0.501. The van der Waals surface area contributed by atoms with Crippen LogP contribution >= 0.6 is 11.6 Å². The Kier molecular flexibility index (Phi) is 5.41. The Hall–Kier alpha value is -0.860. The first-order chi connectivity index (χ1) is 9.16. The van der Waals surface area contributed by atoms with Crippen LogP contribution in [0.25, 0.3) is 6.08 Å². The Morgan fingerprint density at radius 1 is 1.37 bits per heavy atom. The summed E-state index contributed by atoms with van der Waals surface area (Å²) < 4.78 is 13.6. The van der Waals surface area contributed by atoms with Gasteiger partial charge in [0.1, 0.15) is 5.82 Å². The zero-order chi connectivity index (χ0) is 13.7. The van der Waals surface area contributed by atoms with E-state index < -0.39 is 11.9 Å². The third kappa shape index (κ3) is 4.32. The summed E-state index contributed by atoms with van der Waals surface area (Å²) in [7, 11) is 0. The van der Waals surface area contributed by atoms with E-state index in [0.717, 1.165) is 18.8 Å². The minimum absolute atomic E-state index is 0.114. The molecular weight excluding hydrogens is 263 g/mol. The Morgan fingerprint density at radius 3 is 2.84 bits per heavy atom. The highest BCUT2D eigenvalue weighted by Crippen LogP contribution is 2.29. The number of halogens is 2. The quantitative estimate of drug-likeness (QED) is 0.820. The van der Waals surface area contributed by atoms with Crippen LogP contribution in [0.2, 0.25) is 5.02 Å². The van der Waals surface area contributed by atoms with E-state index in [2.05, 4.69) is 0 Å². The summed E-state index contributed by atoms with van der Waals surface area (Å²) in [5.41, 5.74) is 0.424. The Bertz CT molecular complexity index is 438. The fraction of sp³-hybridized carbons (Fsp3) is 0.500. The topological polar surface area (TPSA) is 20.2 Å². The second kappa shape index (κ2) is 7.06. The number of rotatable bonds is 5. The summed E-state index contributed by atoms with van der Waals surface area (Å²) in [6, 6.07) is 4.88. The maximum atomic E-state index is 13.6. The van der Waals surface area contributed by atoms with Crippen molar-refractivity contribution in [1.82, 2.24) is 0 Å². The van der Waals surface area contributed by atoms with E-state index in [4.69, 9.17) is 11.6 Å². The van der Waals surface area contributed by atoms with Crippen LogP contribution < -0.4 is 0 Å². The van der Waals surface area contributed by atoms with Gasteiger partial charge in [0.2, 0.25) is 0 Å². The lowest BCUT2D eigenvalue weighted by Gasteiger charge is -2.10. The molecule has 1 aromatic carbocycles. The smallest absolute Gasteiger partial charge is 0.148 e. The van der Waals surface area contributed by atoms with E-state index in [0.29, 0.717) is 5.56 Å². The van der Waals surface area contributed by atoms with Crippen LogP contribution in [0.1, 0.15) is 44.1 Å². The molecule has 0 heterocycles. The molecule has 2 rings (SSSR count). The van der Waals surface area contributed by atoms with Gasteiger partial charge in [-0.1, -0.05) is 61.6 Å². The maximum Gasteiger partial charge on any atom is 0.148 e. The van der Waals surface area contributed by atoms with Crippen molar-refractivity contribution in [2.75, 3.05) is 0 Å². The van der Waals surface area contributed by atoms with Crippen molar-refractivity contribution in [2.45, 2.75) is 44.6 Å². The molecule has 3 heteroatoms. The first-order valence-electron chi connectivity index (χ1n) is 6.97. The van der Waals surface area contributed by atoms with E-state index in [-0.39, 0.29) is 5.02 Å². The highest BCUT2D eigenvalue weighted by atomic mass is 35.5. The summed E-state index contributed by atoms with van der Waals surface area (Å²) >= 11 is 5.71. The van der Waals surface area contributed by atoms with Gasteiger partial charge < -0.3 is 5.11 Å². The summed E-state index contributed by atoms with van der Waals surface area (Å²) in [6.07, 6.45) is 9.81. The van der Waals surface area contributed by atoms with Crippen LogP contribution in [-0.2, 0) is 0 Å². The largest absolute Gasteiger partial charge is 0.389 e. The van der Waals surface area contributed by atoms with Gasteiger partial charge in [-0.15, -0.1) is 0 Å². The lowest BCUT2D eigenvalue weighted by Crippen LogP contribution is -2.05. The van der Waals surface area contributed by atoms with Crippen LogP contribution in [-0.4, -0.2) is 11.2 Å². The van der Waals surface area contributed by atoms with E-state index in [9.17, 15) is 9.50 Å². The number of aliphatic hydroxyl groups is 1. The molecule has 1 aromatic rings. The number of benzene rings is 1. The van der Waals surface area contributed by atoms with Crippen LogP contribution in [0, 0.1) is 11.7 Å². The van der Waals surface area contributed by atoms with E-state index >= 15 is 0 Å². The van der Waals surface area contributed by atoms with Crippen LogP contribution in [0.15, 0.2) is 24.3 Å². The predicted molar refractivity (Wildman–Crippen MR) is 77.6 cm³/mol. The van der Waals surface area contributed by atoms with Crippen molar-refractivity contribution in [3.8, 4) is 0 Å². The highest BCUT2D eigenvalue weighted by Gasteiger charge is 2.15. The average molecular weight is 283 g/mol. The molecule has 19 heavy (non-hydrogen) atoms. The minimum Gasteiger partial charge on any atom is -0.389 e. The van der Waals surface area contributed by atoms with Gasteiger partial charge in [-0.2, -0.15) is 0 Å². The van der Waals surface area contributed by atoms with E-state index in [1.54, 1.807) is 24.3 Å². The monoisotopic (exact) mass is 282 g/mol. The first kappa shape index (κ1) is 14.5. The Morgan fingerprint density at radius 2 is 2.11 bits per heavy atom. The standard InChI is InChI=1S/C16H20ClFO/c17-15-7-3-6-13(16(15)18)9-11-14(19)10-8-12-4-1-2-5-12/h3,6-7,9,11-12,14,19H,1-2,4-5,8,10H2/b11-9+. The van der Waals surface area contributed by atoms with Gasteiger partial charge in [0, 0.05) is 5.56 Å². The molecule has 104 valence electrons. The third-order valence-corrected chi connectivity index (χ3v) is 4.12. The SMILES string of the molecule is OC(/C=C/c1cccc(Cl)c1F)CCC1CCCC1. The average Bonchev–Trinajstić information content (AvgIpc) is 2.91. The molecule has 0 saturated heterocycles. The number of aliphatic hydroxyl groups excluding tert-OH is 1. The second-order valence-corrected chi connectivity index (χ2v) is 5.70. The molecule has 1 N–H and O–H groups in total. The molecule has 1 aliphatic carbocycles. The van der Waals surface area contributed by atoms with Crippen molar-refractivity contribution >= 4 is 17.7 Å². The summed E-state index contributed by atoms with van der Waals surface area (Å²) in [5, 5.41) is 10.0. The molecule has 0 amide bonds. The van der Waals surface area contributed by atoms with Crippen molar-refractivity contribution in [3.63, 3.8) is 0 Å². The summed E-state index contributed by atoms with van der Waals surface area (Å²) in [4.78, 5) is 0. The lowest BCUT2D eigenvalue weighted by atomic mass is 9.99. The van der Waals surface area contributed by atoms with E-state index in [1.807, 2.05) is 0 Å². The molecule has 1 unspecified atom stereocenters. The lowest BCUT2D eigenvalue weighted by molar-refractivity contribution is 0.201.